The highest BCUT2D eigenvalue weighted by atomic mass is 16.1. The van der Waals surface area contributed by atoms with Gasteiger partial charge in [-0.3, -0.25) is 14.4 Å². The van der Waals surface area contributed by atoms with Crippen molar-refractivity contribution in [2.45, 2.75) is 25.4 Å². The van der Waals surface area contributed by atoms with Crippen molar-refractivity contribution in [3.63, 3.8) is 0 Å². The van der Waals surface area contributed by atoms with E-state index >= 15 is 0 Å². The summed E-state index contributed by atoms with van der Waals surface area (Å²) in [4.78, 5) is 15.3. The molecule has 0 unspecified atom stereocenters. The predicted molar refractivity (Wildman–Crippen MR) is 105 cm³/mol. The first-order chi connectivity index (χ1) is 13.2. The van der Waals surface area contributed by atoms with Gasteiger partial charge in [-0.1, -0.05) is 30.3 Å². The third kappa shape index (κ3) is 3.12. The molecule has 138 valence electrons. The van der Waals surface area contributed by atoms with E-state index < -0.39 is 0 Å². The summed E-state index contributed by atoms with van der Waals surface area (Å²) in [6.45, 7) is 3.83. The molecule has 2 aliphatic heterocycles. The van der Waals surface area contributed by atoms with Gasteiger partial charge in [0.1, 0.15) is 0 Å². The number of aromatic nitrogens is 3. The fourth-order valence-corrected chi connectivity index (χ4v) is 4.80. The van der Waals surface area contributed by atoms with E-state index in [1.54, 1.807) is 6.07 Å². The van der Waals surface area contributed by atoms with E-state index in [0.29, 0.717) is 11.8 Å². The molecular weight excluding hydrogens is 336 g/mol. The Bertz CT molecular complexity index is 1020. The van der Waals surface area contributed by atoms with Gasteiger partial charge in [-0.2, -0.15) is 5.10 Å². The van der Waals surface area contributed by atoms with Crippen LogP contribution < -0.4 is 5.56 Å². The molecule has 5 nitrogen and oxygen atoms in total. The second-order valence-corrected chi connectivity index (χ2v) is 8.00. The van der Waals surface area contributed by atoms with E-state index in [-0.39, 0.29) is 5.56 Å². The summed E-state index contributed by atoms with van der Waals surface area (Å²) >= 11 is 0. The largest absolute Gasteiger partial charge is 0.312 e. The molecule has 1 saturated heterocycles. The average molecular weight is 360 g/mol. The molecule has 2 aromatic heterocycles. The van der Waals surface area contributed by atoms with Crippen molar-refractivity contribution >= 4 is 0 Å². The first kappa shape index (κ1) is 16.5. The molecular formula is C22H24N4O. The van der Waals surface area contributed by atoms with Gasteiger partial charge in [-0.15, -0.1) is 0 Å². The van der Waals surface area contributed by atoms with E-state index in [9.17, 15) is 4.79 Å². The number of aryl methyl sites for hydroxylation is 1. The maximum Gasteiger partial charge on any atom is 0.251 e. The van der Waals surface area contributed by atoms with E-state index in [1.807, 2.05) is 40.7 Å². The smallest absolute Gasteiger partial charge is 0.251 e. The zero-order valence-electron chi connectivity index (χ0n) is 15.6. The van der Waals surface area contributed by atoms with Crippen molar-refractivity contribution in [2.24, 2.45) is 13.0 Å². The molecule has 0 radical (unpaired) electrons. The number of likely N-dealkylation sites (tertiary alicyclic amines) is 1. The van der Waals surface area contributed by atoms with Gasteiger partial charge in [0.05, 0.1) is 6.20 Å². The topological polar surface area (TPSA) is 43.1 Å². The molecule has 0 N–H and O–H groups in total. The van der Waals surface area contributed by atoms with Crippen LogP contribution in [0.3, 0.4) is 0 Å². The fraction of sp³-hybridized carbons (Fsp3) is 0.364. The van der Waals surface area contributed by atoms with Gasteiger partial charge in [0.25, 0.3) is 5.56 Å². The number of nitrogens with zero attached hydrogens (tertiary/aromatic N) is 4. The molecule has 0 aliphatic carbocycles. The summed E-state index contributed by atoms with van der Waals surface area (Å²) in [7, 11) is 1.96. The summed E-state index contributed by atoms with van der Waals surface area (Å²) in [5.74, 6) is 0.971. The van der Waals surface area contributed by atoms with Crippen molar-refractivity contribution in [2.75, 3.05) is 13.1 Å². The lowest BCUT2D eigenvalue weighted by Gasteiger charge is -2.42. The number of pyridine rings is 1. The SMILES string of the molecule is Cn1cc(CN2C[C@@H]3C[C@H](C2)c2cc(-c4ccccc4)cc(=O)n2C3)cn1. The number of hydrogen-bond donors (Lipinski definition) is 0. The fourth-order valence-electron chi connectivity index (χ4n) is 4.80. The van der Waals surface area contributed by atoms with Crippen molar-refractivity contribution < 1.29 is 0 Å². The zero-order valence-corrected chi connectivity index (χ0v) is 15.6. The summed E-state index contributed by atoms with van der Waals surface area (Å²) in [6, 6.07) is 14.3. The maximum atomic E-state index is 12.8. The van der Waals surface area contributed by atoms with Crippen LogP contribution in [0.2, 0.25) is 0 Å². The zero-order chi connectivity index (χ0) is 18.4. The molecule has 1 aromatic carbocycles. The highest BCUT2D eigenvalue weighted by Gasteiger charge is 2.34. The molecule has 4 heterocycles. The summed E-state index contributed by atoms with van der Waals surface area (Å²) < 4.78 is 3.88. The van der Waals surface area contributed by atoms with Gasteiger partial charge < -0.3 is 4.57 Å². The molecule has 27 heavy (non-hydrogen) atoms. The van der Waals surface area contributed by atoms with E-state index in [4.69, 9.17) is 0 Å². The normalized spacial score (nSPS) is 21.8. The summed E-state index contributed by atoms with van der Waals surface area (Å²) in [5.41, 5.74) is 4.75. The average Bonchev–Trinajstić information content (AvgIpc) is 3.08. The number of benzene rings is 1. The summed E-state index contributed by atoms with van der Waals surface area (Å²) in [6.07, 6.45) is 5.23. The standard InChI is InChI=1S/C22H24N4O/c1-24-11-17(10-23-24)13-25-12-16-7-20(15-25)21-8-19(9-22(27)26(21)14-16)18-5-3-2-4-6-18/h2-6,8-11,16,20H,7,12-15H2,1H3/t16-,20+/m0/s1. The number of piperidine rings is 1. The van der Waals surface area contributed by atoms with E-state index in [1.165, 1.54) is 17.7 Å². The quantitative estimate of drug-likeness (QED) is 0.721. The third-order valence-electron chi connectivity index (χ3n) is 5.90. The lowest BCUT2D eigenvalue weighted by atomic mass is 9.82. The van der Waals surface area contributed by atoms with Gasteiger partial charge in [0.2, 0.25) is 0 Å². The predicted octanol–water partition coefficient (Wildman–Crippen LogP) is 2.87. The molecule has 1 fully saturated rings. The van der Waals surface area contributed by atoms with Crippen LogP contribution in [0.1, 0.15) is 23.6 Å². The second-order valence-electron chi connectivity index (χ2n) is 8.00. The van der Waals surface area contributed by atoms with Gasteiger partial charge in [-0.05, 0) is 29.5 Å². The first-order valence-corrected chi connectivity index (χ1v) is 9.66. The van der Waals surface area contributed by atoms with Crippen LogP contribution in [-0.4, -0.2) is 32.3 Å². The van der Waals surface area contributed by atoms with Gasteiger partial charge in [-0.25, -0.2) is 0 Å². The number of rotatable bonds is 3. The van der Waals surface area contributed by atoms with Crippen molar-refractivity contribution in [1.82, 2.24) is 19.2 Å². The van der Waals surface area contributed by atoms with Gasteiger partial charge in [0.15, 0.2) is 0 Å². The monoisotopic (exact) mass is 360 g/mol. The molecule has 2 bridgehead atoms. The van der Waals surface area contributed by atoms with Crippen LogP contribution in [0, 0.1) is 5.92 Å². The van der Waals surface area contributed by atoms with E-state index in [2.05, 4.69) is 34.4 Å². The molecule has 2 aliphatic rings. The van der Waals surface area contributed by atoms with Gasteiger partial charge in [0, 0.05) is 62.7 Å². The molecule has 0 amide bonds. The minimum atomic E-state index is 0.141. The van der Waals surface area contributed by atoms with Gasteiger partial charge >= 0.3 is 0 Å². The first-order valence-electron chi connectivity index (χ1n) is 9.66. The summed E-state index contributed by atoms with van der Waals surface area (Å²) in [5, 5.41) is 4.29. The lowest BCUT2D eigenvalue weighted by molar-refractivity contribution is 0.114. The molecule has 0 saturated carbocycles. The second kappa shape index (κ2) is 6.50. The molecule has 2 atom stereocenters. The Morgan fingerprint density at radius 2 is 1.93 bits per heavy atom. The van der Waals surface area contributed by atoms with Crippen LogP contribution in [0.5, 0.6) is 0 Å². The Kier molecular flexibility index (Phi) is 3.97. The highest BCUT2D eigenvalue weighted by Crippen LogP contribution is 2.37. The van der Waals surface area contributed by atoms with Crippen molar-refractivity contribution in [1.29, 1.82) is 0 Å². The van der Waals surface area contributed by atoms with Crippen LogP contribution in [0.15, 0.2) is 59.7 Å². The molecule has 3 aromatic rings. The van der Waals surface area contributed by atoms with Crippen LogP contribution in [-0.2, 0) is 20.1 Å². The van der Waals surface area contributed by atoms with E-state index in [0.717, 1.165) is 37.3 Å². The van der Waals surface area contributed by atoms with Crippen LogP contribution in [0.25, 0.3) is 11.1 Å². The Balaban J connectivity index is 1.46. The number of hydrogen-bond acceptors (Lipinski definition) is 3. The minimum absolute atomic E-state index is 0.141. The molecule has 0 spiro atoms. The molecule has 5 heteroatoms. The van der Waals surface area contributed by atoms with Crippen molar-refractivity contribution in [3.05, 3.63) is 76.5 Å². The maximum absolute atomic E-state index is 12.8. The van der Waals surface area contributed by atoms with Crippen molar-refractivity contribution in [3.8, 4) is 11.1 Å². The highest BCUT2D eigenvalue weighted by molar-refractivity contribution is 5.63. The Morgan fingerprint density at radius 3 is 2.70 bits per heavy atom. The van der Waals surface area contributed by atoms with Crippen LogP contribution >= 0.6 is 0 Å². The lowest BCUT2D eigenvalue weighted by Crippen LogP contribution is -2.46. The Labute approximate surface area is 158 Å². The molecule has 5 rings (SSSR count). The Morgan fingerprint density at radius 1 is 1.07 bits per heavy atom. The van der Waals surface area contributed by atoms with Crippen LogP contribution in [0.4, 0.5) is 0 Å². The third-order valence-corrected chi connectivity index (χ3v) is 5.90. The number of fused-ring (bicyclic) bond motifs is 4. The Hall–Kier alpha value is -2.66. The minimum Gasteiger partial charge on any atom is -0.312 e.